The molecule has 5 nitrogen and oxygen atoms in total. The molecule has 0 saturated carbocycles. The topological polar surface area (TPSA) is 72.6 Å². The number of nitrogens with zero attached hydrogens (tertiary/aromatic N) is 1. The zero-order chi connectivity index (χ0) is 10.3. The summed E-state index contributed by atoms with van der Waals surface area (Å²) in [5, 5.41) is 0. The normalized spacial score (nSPS) is 14.9. The third kappa shape index (κ3) is 5.95. The van der Waals surface area contributed by atoms with Crippen molar-refractivity contribution < 1.29 is 14.3 Å². The van der Waals surface area contributed by atoms with Crippen LogP contribution >= 0.6 is 0 Å². The molecule has 0 spiro atoms. The number of rotatable bonds is 1. The molecule has 1 aliphatic rings. The predicted molar refractivity (Wildman–Crippen MR) is 48.1 cm³/mol. The molecule has 0 aromatic rings. The zero-order valence-electron chi connectivity index (χ0n) is 8.08. The Hall–Kier alpha value is -1.26. The Morgan fingerprint density at radius 3 is 2.38 bits per heavy atom. The Labute approximate surface area is 77.8 Å². The molecule has 1 aliphatic heterocycles. The lowest BCUT2D eigenvalue weighted by molar-refractivity contribution is -0.126. The first-order valence-corrected chi connectivity index (χ1v) is 4.24. The Balaban J connectivity index is 0.000000226. The minimum absolute atomic E-state index is 0.292. The Morgan fingerprint density at radius 2 is 2.31 bits per heavy atom. The van der Waals surface area contributed by atoms with Crippen LogP contribution in [-0.4, -0.2) is 37.1 Å². The standard InChI is InChI=1S/C5H9NO.C3H7NO2/c1-6-4-2-3-5(6)7;1-2-6-3(4)5/h2-4H2,1H3;2H2,1H3,(H2,4,5). The van der Waals surface area contributed by atoms with Gasteiger partial charge in [0.25, 0.3) is 0 Å². The van der Waals surface area contributed by atoms with Gasteiger partial charge in [0, 0.05) is 20.0 Å². The maximum atomic E-state index is 10.5. The second-order valence-electron chi connectivity index (χ2n) is 2.67. The molecule has 0 unspecified atom stereocenters. The first-order valence-electron chi connectivity index (χ1n) is 4.24. The van der Waals surface area contributed by atoms with Gasteiger partial charge in [-0.2, -0.15) is 0 Å². The van der Waals surface area contributed by atoms with E-state index in [4.69, 9.17) is 0 Å². The van der Waals surface area contributed by atoms with Crippen molar-refractivity contribution in [2.45, 2.75) is 19.8 Å². The summed E-state index contributed by atoms with van der Waals surface area (Å²) in [5.41, 5.74) is 4.54. The van der Waals surface area contributed by atoms with Crippen LogP contribution in [0.2, 0.25) is 0 Å². The van der Waals surface area contributed by atoms with Crippen LogP contribution in [-0.2, 0) is 9.53 Å². The van der Waals surface area contributed by atoms with E-state index in [1.54, 1.807) is 11.8 Å². The average Bonchev–Trinajstić information content (AvgIpc) is 2.37. The van der Waals surface area contributed by atoms with Crippen molar-refractivity contribution >= 4 is 12.0 Å². The maximum Gasteiger partial charge on any atom is 0.404 e. The van der Waals surface area contributed by atoms with Crippen LogP contribution in [0.5, 0.6) is 0 Å². The molecule has 1 heterocycles. The van der Waals surface area contributed by atoms with Gasteiger partial charge in [-0.1, -0.05) is 0 Å². The van der Waals surface area contributed by atoms with Crippen LogP contribution in [0.25, 0.3) is 0 Å². The molecule has 2 N–H and O–H groups in total. The number of likely N-dealkylation sites (tertiary alicyclic amines) is 1. The van der Waals surface area contributed by atoms with Crippen LogP contribution in [0.15, 0.2) is 0 Å². The fraction of sp³-hybridized carbons (Fsp3) is 0.750. The molecule has 0 aliphatic carbocycles. The summed E-state index contributed by atoms with van der Waals surface area (Å²) in [6, 6.07) is 0. The van der Waals surface area contributed by atoms with Gasteiger partial charge in [0.05, 0.1) is 6.61 Å². The molecule has 2 amide bonds. The van der Waals surface area contributed by atoms with Gasteiger partial charge in [-0.15, -0.1) is 0 Å². The second kappa shape index (κ2) is 6.28. The molecule has 1 fully saturated rings. The van der Waals surface area contributed by atoms with Crippen molar-refractivity contribution in [3.63, 3.8) is 0 Å². The number of ether oxygens (including phenoxy) is 1. The van der Waals surface area contributed by atoms with Crippen molar-refractivity contribution in [3.05, 3.63) is 0 Å². The SMILES string of the molecule is CCOC(N)=O.CN1CCCC1=O. The van der Waals surface area contributed by atoms with E-state index in [0.717, 1.165) is 19.4 Å². The molecule has 0 radical (unpaired) electrons. The zero-order valence-corrected chi connectivity index (χ0v) is 8.08. The fourth-order valence-corrected chi connectivity index (χ4v) is 0.925. The van der Waals surface area contributed by atoms with E-state index in [0.29, 0.717) is 12.5 Å². The number of hydrogen-bond acceptors (Lipinski definition) is 3. The summed E-state index contributed by atoms with van der Waals surface area (Å²) < 4.78 is 4.18. The summed E-state index contributed by atoms with van der Waals surface area (Å²) in [6.07, 6.45) is 1.10. The van der Waals surface area contributed by atoms with Crippen LogP contribution in [0.1, 0.15) is 19.8 Å². The van der Waals surface area contributed by atoms with Crippen molar-refractivity contribution in [1.29, 1.82) is 0 Å². The third-order valence-electron chi connectivity index (χ3n) is 1.60. The van der Waals surface area contributed by atoms with Crippen LogP contribution in [0.4, 0.5) is 4.79 Å². The Kier molecular flexibility index (Phi) is 5.67. The molecular weight excluding hydrogens is 172 g/mol. The van der Waals surface area contributed by atoms with E-state index in [1.165, 1.54) is 0 Å². The van der Waals surface area contributed by atoms with Crippen molar-refractivity contribution in [2.24, 2.45) is 5.73 Å². The van der Waals surface area contributed by atoms with Crippen LogP contribution in [0.3, 0.4) is 0 Å². The van der Waals surface area contributed by atoms with Gasteiger partial charge in [0.2, 0.25) is 5.91 Å². The number of carbonyl (C=O) groups is 2. The predicted octanol–water partition coefficient (Wildman–Crippen LogP) is 0.340. The summed E-state index contributed by atoms with van der Waals surface area (Å²) in [4.78, 5) is 21.9. The Bertz CT molecular complexity index is 182. The van der Waals surface area contributed by atoms with E-state index >= 15 is 0 Å². The quantitative estimate of drug-likeness (QED) is 0.645. The van der Waals surface area contributed by atoms with Crippen LogP contribution < -0.4 is 5.73 Å². The number of hydrogen-bond donors (Lipinski definition) is 1. The van der Waals surface area contributed by atoms with Gasteiger partial charge in [-0.05, 0) is 13.3 Å². The van der Waals surface area contributed by atoms with Crippen LogP contribution in [0, 0.1) is 0 Å². The molecule has 0 bridgehead atoms. The van der Waals surface area contributed by atoms with E-state index < -0.39 is 6.09 Å². The maximum absolute atomic E-state index is 10.5. The highest BCUT2D eigenvalue weighted by molar-refractivity contribution is 5.77. The molecule has 5 heteroatoms. The highest BCUT2D eigenvalue weighted by Crippen LogP contribution is 2.04. The van der Waals surface area contributed by atoms with Gasteiger partial charge in [0.1, 0.15) is 0 Å². The highest BCUT2D eigenvalue weighted by Gasteiger charge is 2.14. The number of amides is 2. The molecule has 76 valence electrons. The van der Waals surface area contributed by atoms with Crippen molar-refractivity contribution in [3.8, 4) is 0 Å². The van der Waals surface area contributed by atoms with Gasteiger partial charge in [-0.25, -0.2) is 4.79 Å². The molecule has 13 heavy (non-hydrogen) atoms. The monoisotopic (exact) mass is 188 g/mol. The van der Waals surface area contributed by atoms with E-state index in [9.17, 15) is 9.59 Å². The molecule has 0 aromatic carbocycles. The van der Waals surface area contributed by atoms with E-state index in [-0.39, 0.29) is 0 Å². The van der Waals surface area contributed by atoms with Crippen molar-refractivity contribution in [1.82, 2.24) is 4.90 Å². The highest BCUT2D eigenvalue weighted by atomic mass is 16.5. The number of primary amides is 1. The smallest absolute Gasteiger partial charge is 0.404 e. The average molecular weight is 188 g/mol. The number of nitrogens with two attached hydrogens (primary N) is 1. The lowest BCUT2D eigenvalue weighted by Crippen LogP contribution is -2.17. The number of carbonyl (C=O) groups excluding carboxylic acids is 2. The van der Waals surface area contributed by atoms with E-state index in [2.05, 4.69) is 10.5 Å². The van der Waals surface area contributed by atoms with Gasteiger partial charge < -0.3 is 15.4 Å². The van der Waals surface area contributed by atoms with Gasteiger partial charge >= 0.3 is 6.09 Å². The summed E-state index contributed by atoms with van der Waals surface area (Å²) in [5.74, 6) is 0.292. The minimum atomic E-state index is -0.711. The molecule has 0 atom stereocenters. The second-order valence-corrected chi connectivity index (χ2v) is 2.67. The largest absolute Gasteiger partial charge is 0.450 e. The summed E-state index contributed by atoms with van der Waals surface area (Å²) >= 11 is 0. The first kappa shape index (κ1) is 11.7. The summed E-state index contributed by atoms with van der Waals surface area (Å²) in [7, 11) is 1.84. The Morgan fingerprint density at radius 1 is 1.69 bits per heavy atom. The lowest BCUT2D eigenvalue weighted by Gasteiger charge is -2.03. The fourth-order valence-electron chi connectivity index (χ4n) is 0.925. The molecule has 0 aromatic heterocycles. The summed E-state index contributed by atoms with van der Waals surface area (Å²) in [6.45, 7) is 3.01. The minimum Gasteiger partial charge on any atom is -0.450 e. The third-order valence-corrected chi connectivity index (χ3v) is 1.60. The first-order chi connectivity index (χ1) is 6.07. The van der Waals surface area contributed by atoms with Crippen molar-refractivity contribution in [2.75, 3.05) is 20.2 Å². The molecule has 1 saturated heterocycles. The molecular formula is C8H16N2O3. The molecule has 1 rings (SSSR count). The van der Waals surface area contributed by atoms with Gasteiger partial charge in [-0.3, -0.25) is 4.79 Å². The van der Waals surface area contributed by atoms with E-state index in [1.807, 2.05) is 7.05 Å². The lowest BCUT2D eigenvalue weighted by atomic mass is 10.4. The van der Waals surface area contributed by atoms with Gasteiger partial charge in [0.15, 0.2) is 0 Å².